The Kier molecular flexibility index (Phi) is 4.65. The van der Waals surface area contributed by atoms with Gasteiger partial charge in [-0.2, -0.15) is 0 Å². The van der Waals surface area contributed by atoms with Crippen LogP contribution in [-0.4, -0.2) is 47.2 Å². The molecular formula is C19H22N4O2S. The minimum absolute atomic E-state index is 0.191. The number of H-pyrrole nitrogens is 1. The van der Waals surface area contributed by atoms with Gasteiger partial charge in [-0.15, -0.1) is 11.3 Å². The Morgan fingerprint density at radius 3 is 2.58 bits per heavy atom. The van der Waals surface area contributed by atoms with Gasteiger partial charge in [-0.05, 0) is 30.0 Å². The summed E-state index contributed by atoms with van der Waals surface area (Å²) in [6, 6.07) is 10.2. The summed E-state index contributed by atoms with van der Waals surface area (Å²) >= 11 is 1.38. The fourth-order valence-corrected chi connectivity index (χ4v) is 4.32. The number of nitrogens with zero attached hydrogens (tertiary/aromatic N) is 3. The Hall–Kier alpha value is -2.38. The van der Waals surface area contributed by atoms with E-state index in [0.717, 1.165) is 26.2 Å². The number of rotatable bonds is 4. The van der Waals surface area contributed by atoms with Crippen molar-refractivity contribution < 1.29 is 0 Å². The quantitative estimate of drug-likeness (QED) is 0.762. The lowest BCUT2D eigenvalue weighted by Crippen LogP contribution is -2.48. The van der Waals surface area contributed by atoms with Crippen molar-refractivity contribution in [3.05, 3.63) is 62.1 Å². The predicted molar refractivity (Wildman–Crippen MR) is 107 cm³/mol. The molecule has 7 heteroatoms. The normalized spacial score (nSPS) is 15.7. The standard InChI is InChI=1S/C19H22N4O2S/c1-14-4-2-3-5-16(14)22-10-7-21(8-11-22)9-12-23-18(24)15-6-13-26-17(15)20-19(23)25/h2-6,13H,7-12H2,1H3,(H,20,25). The summed E-state index contributed by atoms with van der Waals surface area (Å²) in [5.74, 6) is 0. The SMILES string of the molecule is Cc1ccccc1N1CCN(CCn2c(=O)[nH]c3sccc3c2=O)CC1. The maximum absolute atomic E-state index is 12.5. The summed E-state index contributed by atoms with van der Waals surface area (Å²) < 4.78 is 1.32. The van der Waals surface area contributed by atoms with Gasteiger partial charge in [0.1, 0.15) is 4.83 Å². The number of fused-ring (bicyclic) bond motifs is 1. The minimum Gasteiger partial charge on any atom is -0.369 e. The van der Waals surface area contributed by atoms with Crippen molar-refractivity contribution in [1.82, 2.24) is 14.5 Å². The maximum Gasteiger partial charge on any atom is 0.329 e. The second-order valence-corrected chi connectivity index (χ2v) is 7.58. The van der Waals surface area contributed by atoms with E-state index in [2.05, 4.69) is 46.0 Å². The van der Waals surface area contributed by atoms with Crippen LogP contribution in [0.25, 0.3) is 10.2 Å². The molecule has 0 amide bonds. The number of anilines is 1. The van der Waals surface area contributed by atoms with Gasteiger partial charge in [0.2, 0.25) is 0 Å². The molecule has 1 N–H and O–H groups in total. The third-order valence-corrected chi connectivity index (χ3v) is 5.90. The van der Waals surface area contributed by atoms with Crippen molar-refractivity contribution in [3.63, 3.8) is 0 Å². The van der Waals surface area contributed by atoms with E-state index >= 15 is 0 Å². The smallest absolute Gasteiger partial charge is 0.329 e. The van der Waals surface area contributed by atoms with E-state index in [9.17, 15) is 9.59 Å². The predicted octanol–water partition coefficient (Wildman–Crippen LogP) is 1.88. The van der Waals surface area contributed by atoms with Crippen molar-refractivity contribution in [2.24, 2.45) is 0 Å². The number of piperazine rings is 1. The minimum atomic E-state index is -0.316. The topological polar surface area (TPSA) is 61.3 Å². The molecule has 6 nitrogen and oxygen atoms in total. The second-order valence-electron chi connectivity index (χ2n) is 6.67. The molecule has 136 valence electrons. The van der Waals surface area contributed by atoms with E-state index in [-0.39, 0.29) is 11.2 Å². The zero-order valence-corrected chi connectivity index (χ0v) is 15.6. The van der Waals surface area contributed by atoms with Crippen molar-refractivity contribution in [1.29, 1.82) is 0 Å². The van der Waals surface area contributed by atoms with E-state index in [1.165, 1.54) is 27.2 Å². The monoisotopic (exact) mass is 370 g/mol. The first-order valence-corrected chi connectivity index (χ1v) is 9.75. The Morgan fingerprint density at radius 2 is 1.81 bits per heavy atom. The van der Waals surface area contributed by atoms with Crippen molar-refractivity contribution in [2.75, 3.05) is 37.6 Å². The fraction of sp³-hybridized carbons (Fsp3) is 0.368. The Balaban J connectivity index is 1.41. The highest BCUT2D eigenvalue weighted by molar-refractivity contribution is 7.16. The van der Waals surface area contributed by atoms with Gasteiger partial charge in [0, 0.05) is 45.0 Å². The number of para-hydroxylation sites is 1. The Morgan fingerprint density at radius 1 is 1.04 bits per heavy atom. The first-order chi connectivity index (χ1) is 12.6. The van der Waals surface area contributed by atoms with Crippen molar-refractivity contribution in [2.45, 2.75) is 13.5 Å². The molecule has 26 heavy (non-hydrogen) atoms. The van der Waals surface area contributed by atoms with Gasteiger partial charge >= 0.3 is 5.69 Å². The van der Waals surface area contributed by atoms with E-state index in [4.69, 9.17) is 0 Å². The molecule has 0 unspecified atom stereocenters. The highest BCUT2D eigenvalue weighted by atomic mass is 32.1. The lowest BCUT2D eigenvalue weighted by molar-refractivity contribution is 0.246. The summed E-state index contributed by atoms with van der Waals surface area (Å²) in [7, 11) is 0. The molecular weight excluding hydrogens is 348 g/mol. The Labute approximate surface area is 155 Å². The third kappa shape index (κ3) is 3.20. The van der Waals surface area contributed by atoms with Crippen LogP contribution in [0, 0.1) is 6.92 Å². The highest BCUT2D eigenvalue weighted by Crippen LogP contribution is 2.20. The molecule has 2 aromatic heterocycles. The molecule has 3 aromatic rings. The number of hydrogen-bond donors (Lipinski definition) is 1. The molecule has 0 bridgehead atoms. The summed E-state index contributed by atoms with van der Waals surface area (Å²) in [4.78, 5) is 32.8. The number of thiophene rings is 1. The molecule has 1 saturated heterocycles. The van der Waals surface area contributed by atoms with Crippen LogP contribution in [-0.2, 0) is 6.54 Å². The van der Waals surface area contributed by atoms with Gasteiger partial charge in [0.15, 0.2) is 0 Å². The summed E-state index contributed by atoms with van der Waals surface area (Å²) in [6.07, 6.45) is 0. The van der Waals surface area contributed by atoms with Crippen LogP contribution in [0.15, 0.2) is 45.3 Å². The molecule has 0 radical (unpaired) electrons. The average Bonchev–Trinajstić information content (AvgIpc) is 3.11. The number of hydrogen-bond acceptors (Lipinski definition) is 5. The number of aromatic nitrogens is 2. The molecule has 1 aliphatic rings. The molecule has 3 heterocycles. The Bertz CT molecular complexity index is 1030. The van der Waals surface area contributed by atoms with E-state index in [0.29, 0.717) is 23.3 Å². The number of nitrogens with one attached hydrogen (secondary N) is 1. The molecule has 1 fully saturated rings. The molecule has 1 aromatic carbocycles. The summed E-state index contributed by atoms with van der Waals surface area (Å²) in [6.45, 7) is 7.05. The van der Waals surface area contributed by atoms with Gasteiger partial charge in [-0.25, -0.2) is 4.79 Å². The van der Waals surface area contributed by atoms with Gasteiger partial charge < -0.3 is 4.90 Å². The van der Waals surface area contributed by atoms with E-state index in [1.54, 1.807) is 6.07 Å². The zero-order chi connectivity index (χ0) is 18.1. The van der Waals surface area contributed by atoms with Gasteiger partial charge in [-0.1, -0.05) is 18.2 Å². The van der Waals surface area contributed by atoms with Crippen molar-refractivity contribution in [3.8, 4) is 0 Å². The summed E-state index contributed by atoms with van der Waals surface area (Å²) in [5, 5.41) is 2.43. The molecule has 0 saturated carbocycles. The van der Waals surface area contributed by atoms with Crippen LogP contribution in [0.5, 0.6) is 0 Å². The van der Waals surface area contributed by atoms with Gasteiger partial charge in [0.25, 0.3) is 5.56 Å². The highest BCUT2D eigenvalue weighted by Gasteiger charge is 2.18. The first kappa shape index (κ1) is 17.1. The number of aryl methyl sites for hydroxylation is 1. The molecule has 0 spiro atoms. The maximum atomic E-state index is 12.5. The van der Waals surface area contributed by atoms with Crippen LogP contribution < -0.4 is 16.1 Å². The fourth-order valence-electron chi connectivity index (χ4n) is 3.55. The number of aromatic amines is 1. The van der Waals surface area contributed by atoms with Crippen LogP contribution in [0.4, 0.5) is 5.69 Å². The lowest BCUT2D eigenvalue weighted by atomic mass is 10.1. The van der Waals surface area contributed by atoms with Gasteiger partial charge in [0.05, 0.1) is 5.39 Å². The van der Waals surface area contributed by atoms with Crippen molar-refractivity contribution >= 4 is 27.2 Å². The van der Waals surface area contributed by atoms with Crippen LogP contribution in [0.2, 0.25) is 0 Å². The molecule has 1 aliphatic heterocycles. The third-order valence-electron chi connectivity index (χ3n) is 5.07. The first-order valence-electron chi connectivity index (χ1n) is 8.87. The molecule has 0 atom stereocenters. The number of benzene rings is 1. The van der Waals surface area contributed by atoms with Crippen LogP contribution >= 0.6 is 11.3 Å². The van der Waals surface area contributed by atoms with Crippen LogP contribution in [0.3, 0.4) is 0 Å². The molecule has 4 rings (SSSR count). The van der Waals surface area contributed by atoms with Crippen LogP contribution in [0.1, 0.15) is 5.56 Å². The van der Waals surface area contributed by atoms with E-state index in [1.807, 2.05) is 5.38 Å². The summed E-state index contributed by atoms with van der Waals surface area (Å²) in [5.41, 5.74) is 2.08. The second kappa shape index (κ2) is 7.09. The average molecular weight is 370 g/mol. The van der Waals surface area contributed by atoms with E-state index < -0.39 is 0 Å². The largest absolute Gasteiger partial charge is 0.369 e. The molecule has 0 aliphatic carbocycles. The lowest BCUT2D eigenvalue weighted by Gasteiger charge is -2.36. The van der Waals surface area contributed by atoms with Gasteiger partial charge in [-0.3, -0.25) is 19.2 Å². The zero-order valence-electron chi connectivity index (χ0n) is 14.8.